The fraction of sp³-hybridized carbons (Fsp3) is 0.487. The first-order valence-corrected chi connectivity index (χ1v) is 37.1. The summed E-state index contributed by atoms with van der Waals surface area (Å²) in [6, 6.07) is -0.151. The number of amides is 10. The van der Waals surface area contributed by atoms with Crippen LogP contribution in [0.15, 0.2) is 78.9 Å². The molecule has 15 bridgehead atoms. The lowest BCUT2D eigenvalue weighted by molar-refractivity contribution is -0.270. The maximum atomic E-state index is 16.3. The number of methoxy groups -OCH3 is 1. The van der Waals surface area contributed by atoms with Crippen LogP contribution in [-0.2, 0) is 52.6 Å². The van der Waals surface area contributed by atoms with E-state index < -0.39 is 192 Å². The smallest absolute Gasteiger partial charge is 0.321 e. The number of rotatable bonds is 18. The summed E-state index contributed by atoms with van der Waals surface area (Å²) in [6.07, 6.45) is -9.87. The van der Waals surface area contributed by atoms with Gasteiger partial charge in [-0.1, -0.05) is 43.6 Å². The van der Waals surface area contributed by atoms with Crippen molar-refractivity contribution in [2.75, 3.05) is 47.1 Å². The van der Waals surface area contributed by atoms with Crippen molar-refractivity contribution >= 4 is 64.9 Å². The number of nitrogens with one attached hydrogen (secondary N) is 10. The van der Waals surface area contributed by atoms with Crippen LogP contribution in [0, 0.1) is 36.5 Å². The predicted octanol–water partition coefficient (Wildman–Crippen LogP) is 1.35. The van der Waals surface area contributed by atoms with E-state index in [1.807, 2.05) is 13.8 Å². The van der Waals surface area contributed by atoms with E-state index in [2.05, 4.69) is 53.2 Å². The maximum absolute atomic E-state index is 16.3. The Kier molecular flexibility index (Phi) is 24.9. The number of hydrogen-bond donors (Lipinski definition) is 19. The topological polar surface area (TPSA) is 517 Å². The first kappa shape index (κ1) is 80.5. The van der Waals surface area contributed by atoms with Gasteiger partial charge in [0, 0.05) is 43.4 Å². The lowest BCUT2D eigenvalue weighted by Crippen LogP contribution is -2.60. The number of likely N-dealkylation sites (N-methyl/N-ethyl adjacent to an activating group) is 1. The largest absolute Gasteiger partial charge is 0.508 e. The highest BCUT2D eigenvalue weighted by atomic mass is 35.5. The van der Waals surface area contributed by atoms with Gasteiger partial charge in [-0.05, 0) is 170 Å². The molecule has 34 nitrogen and oxygen atoms in total. The number of imide groups is 1. The van der Waals surface area contributed by atoms with Crippen LogP contribution >= 0.6 is 11.6 Å². The van der Waals surface area contributed by atoms with E-state index in [9.17, 15) is 55.2 Å². The third-order valence-corrected chi connectivity index (χ3v) is 21.7. The number of carbonyl (C=O) groups excluding carboxylic acids is 9. The standard InChI is InChI=1S/C76H92ClN11O23/c1-31(2)16-45(79-4)68(98)87-60-62(93)36-7-10-49(32(3)17-36)108-51-25-40-26-52(67(51)111-75-66(97)65(96)64(95)53(30-78)110-75)109-50-11-8-37(24-44(50)77)63(94)61-74(104)86-59(72(102)83-56-38-19-33-18-34(21-38)22-39(56)20-33)43-27-41(89)28-48(91)55(43)42-23-35(6-9-47(42)90)57(70(100)88-61)85-71(101)58(40)84-69(99)46(81-73(60)103)29-54(92)82-76(105)80-12-13-107-15-14-106-5/h6-11,17,23-28,31,33-34,38-39,45-46,53,56-66,75,79,89-91,93-97H,12-16,18-22,29-30,78H2,1-5H3,(H,81,103)(H,83,102)(H,84,99)(H,85,101)(H,86,104)(H,87,98)(H,88,100)(H2,80,82,92,105)/t33?,34?,38?,39?,45-,46+,53-,56?,57-,58-,59+,60-,61+,62-,63-,64-,65+,66-,75+/m1/s1. The van der Waals surface area contributed by atoms with E-state index in [1.54, 1.807) is 0 Å². The molecule has 6 aliphatic heterocycles. The Morgan fingerprint density at radius 1 is 0.658 bits per heavy atom. The lowest BCUT2D eigenvalue weighted by Gasteiger charge is -2.54. The monoisotopic (exact) mass is 1560 g/mol. The Bertz CT molecular complexity index is 4370. The molecule has 10 amide bonds. The SMILES string of the molecule is CN[C@H](CC(C)C)C(=O)N[C@H]1C(=O)N[C@@H](CC(=O)NC(=O)NCCOCCOC)C(=O)N[C@H]2C(=O)N[C@H]3C(=O)N[C@H](C(=O)N[C@H](C(=O)NC4C5CC6CC(C5)CC4C6)c4cc(O)cc(O)c4-c4cc3ccc4O)[C@H](O)c3ccc(c(Cl)c3)Oc3cc2cc(c3O[C@@H]2O[C@H](CN)[C@@H](O)[C@H](O)[C@H]2O)Oc2ccc(cc2C)[C@H]1O. The van der Waals surface area contributed by atoms with E-state index in [1.165, 1.54) is 51.4 Å². The van der Waals surface area contributed by atoms with E-state index >= 15 is 28.8 Å². The Balaban J connectivity index is 1.05. The Hall–Kier alpha value is -9.98. The van der Waals surface area contributed by atoms with Crippen LogP contribution in [0.1, 0.15) is 123 Å². The number of benzene rings is 5. The minimum absolute atomic E-state index is 0.0387. The van der Waals surface area contributed by atoms with Crippen LogP contribution in [0.4, 0.5) is 4.79 Å². The van der Waals surface area contributed by atoms with Crippen molar-refractivity contribution < 1.29 is 112 Å². The number of carbonyl (C=O) groups is 9. The van der Waals surface area contributed by atoms with Crippen LogP contribution in [0.5, 0.6) is 46.0 Å². The van der Waals surface area contributed by atoms with Crippen LogP contribution in [0.25, 0.3) is 11.1 Å². The second-order valence-corrected chi connectivity index (χ2v) is 30.0. The van der Waals surface area contributed by atoms with Gasteiger partial charge in [0.15, 0.2) is 11.5 Å². The molecular formula is C76H92ClN11O23. The minimum atomic E-state index is -2.33. The molecule has 0 spiro atoms. The number of phenolic OH excluding ortho intramolecular Hbond substituents is 3. The van der Waals surface area contributed by atoms with Crippen molar-refractivity contribution in [2.45, 2.75) is 157 Å². The third kappa shape index (κ3) is 17.7. The number of phenols is 3. The molecule has 10 aliphatic rings. The van der Waals surface area contributed by atoms with E-state index in [-0.39, 0.29) is 112 Å². The Morgan fingerprint density at radius 2 is 1.31 bits per heavy atom. The summed E-state index contributed by atoms with van der Waals surface area (Å²) in [7, 11) is 2.95. The molecule has 4 aliphatic carbocycles. The maximum Gasteiger partial charge on any atom is 0.321 e. The number of ether oxygens (including phenoxy) is 6. The van der Waals surface area contributed by atoms with Crippen molar-refractivity contribution in [3.05, 3.63) is 117 Å². The highest BCUT2D eigenvalue weighted by Crippen LogP contribution is 2.55. The predicted molar refractivity (Wildman–Crippen MR) is 391 cm³/mol. The number of urea groups is 1. The molecule has 15 rings (SSSR count). The fourth-order valence-corrected chi connectivity index (χ4v) is 16.3. The summed E-state index contributed by atoms with van der Waals surface area (Å²) < 4.78 is 36.2. The minimum Gasteiger partial charge on any atom is -0.508 e. The molecule has 5 aromatic carbocycles. The Labute approximate surface area is 641 Å². The number of aliphatic hydroxyl groups is 5. The van der Waals surface area contributed by atoms with Crippen LogP contribution in [0.3, 0.4) is 0 Å². The molecule has 111 heavy (non-hydrogen) atoms. The molecule has 14 atom stereocenters. The summed E-state index contributed by atoms with van der Waals surface area (Å²) in [4.78, 5) is 136. The van der Waals surface area contributed by atoms with Gasteiger partial charge in [-0.15, -0.1) is 0 Å². The van der Waals surface area contributed by atoms with Gasteiger partial charge >= 0.3 is 6.03 Å². The molecule has 20 N–H and O–H groups in total. The molecule has 0 unspecified atom stereocenters. The average molecular weight is 1560 g/mol. The number of aliphatic hydroxyl groups excluding tert-OH is 5. The molecule has 6 heterocycles. The lowest BCUT2D eigenvalue weighted by atomic mass is 9.54. The van der Waals surface area contributed by atoms with Gasteiger partial charge in [-0.25, -0.2) is 4.79 Å². The van der Waals surface area contributed by atoms with Gasteiger partial charge in [0.25, 0.3) is 0 Å². The van der Waals surface area contributed by atoms with Crippen molar-refractivity contribution in [2.24, 2.45) is 35.3 Å². The summed E-state index contributed by atoms with van der Waals surface area (Å²) in [5.41, 5.74) is 4.26. The molecule has 35 heteroatoms. The summed E-state index contributed by atoms with van der Waals surface area (Å²) in [5.74, 6) is -12.6. The van der Waals surface area contributed by atoms with Crippen molar-refractivity contribution in [3.63, 3.8) is 0 Å². The van der Waals surface area contributed by atoms with Gasteiger partial charge in [0.05, 0.1) is 37.3 Å². The van der Waals surface area contributed by atoms with Crippen LogP contribution in [0.2, 0.25) is 5.02 Å². The second-order valence-electron chi connectivity index (χ2n) is 29.6. The van der Waals surface area contributed by atoms with Gasteiger partial charge in [-0.3, -0.25) is 43.7 Å². The van der Waals surface area contributed by atoms with Crippen molar-refractivity contribution in [1.29, 1.82) is 0 Å². The van der Waals surface area contributed by atoms with Gasteiger partial charge < -0.3 is 123 Å². The number of halogens is 1. The highest BCUT2D eigenvalue weighted by molar-refractivity contribution is 6.32. The summed E-state index contributed by atoms with van der Waals surface area (Å²) in [5, 5.41) is 120. The van der Waals surface area contributed by atoms with Gasteiger partial charge in [0.2, 0.25) is 59.3 Å². The quantitative estimate of drug-likeness (QED) is 0.0551. The van der Waals surface area contributed by atoms with Crippen LogP contribution in [-0.4, -0.2) is 202 Å². The van der Waals surface area contributed by atoms with E-state index in [0.717, 1.165) is 80.6 Å². The number of aryl methyl sites for hydroxylation is 1. The summed E-state index contributed by atoms with van der Waals surface area (Å²) in [6.45, 7) is 4.94. The molecule has 0 radical (unpaired) electrons. The first-order valence-electron chi connectivity index (χ1n) is 36.7. The fourth-order valence-electron chi connectivity index (χ4n) is 16.1. The molecule has 5 fully saturated rings. The average Bonchev–Trinajstić information content (AvgIpc) is 0.761. The zero-order valence-corrected chi connectivity index (χ0v) is 62.0. The Morgan fingerprint density at radius 3 is 1.96 bits per heavy atom. The first-order chi connectivity index (χ1) is 53.0. The molecule has 1 saturated heterocycles. The zero-order chi connectivity index (χ0) is 79.5. The zero-order valence-electron chi connectivity index (χ0n) is 61.2. The van der Waals surface area contributed by atoms with Crippen LogP contribution < -0.4 is 73.1 Å². The molecule has 596 valence electrons. The number of aromatic hydroxyl groups is 3. The van der Waals surface area contributed by atoms with Crippen molar-refractivity contribution in [3.8, 4) is 57.1 Å². The molecular weight excluding hydrogens is 1470 g/mol. The molecule has 5 aromatic rings. The molecule has 4 saturated carbocycles. The van der Waals surface area contributed by atoms with Gasteiger partial charge in [0.1, 0.15) is 102 Å². The number of hydrogen-bond acceptors (Lipinski definition) is 25. The summed E-state index contributed by atoms with van der Waals surface area (Å²) >= 11 is 7.16. The molecule has 0 aromatic heterocycles. The number of fused-ring (bicyclic) bond motifs is 15. The highest BCUT2D eigenvalue weighted by Gasteiger charge is 2.51. The normalized spacial score (nSPS) is 28.5. The van der Waals surface area contributed by atoms with E-state index in [0.29, 0.717) is 11.8 Å². The third-order valence-electron chi connectivity index (χ3n) is 21.4. The second kappa shape index (κ2) is 34.3. The number of nitrogens with two attached hydrogens (primary N) is 1. The van der Waals surface area contributed by atoms with E-state index in [4.69, 9.17) is 45.8 Å². The van der Waals surface area contributed by atoms with Gasteiger partial charge in [-0.2, -0.15) is 0 Å². The van der Waals surface area contributed by atoms with Crippen molar-refractivity contribution in [1.82, 2.24) is 53.2 Å².